The molecule has 2 aromatic carbocycles. The molecule has 0 saturated carbocycles. The van der Waals surface area contributed by atoms with Crippen molar-refractivity contribution in [1.29, 1.82) is 0 Å². The molecule has 1 N–H and O–H groups in total. The number of rotatable bonds is 2. The number of thiazole rings is 1. The molecule has 0 aliphatic carbocycles. The second-order valence-electron chi connectivity index (χ2n) is 4.35. The zero-order chi connectivity index (χ0) is 15.4. The van der Waals surface area contributed by atoms with Crippen LogP contribution in [0.4, 0.5) is 0 Å². The van der Waals surface area contributed by atoms with Crippen molar-refractivity contribution in [2.75, 3.05) is 12.0 Å². The van der Waals surface area contributed by atoms with Crippen molar-refractivity contribution < 1.29 is 9.84 Å². The van der Waals surface area contributed by atoms with Crippen LogP contribution in [-0.4, -0.2) is 22.1 Å². The van der Waals surface area contributed by atoms with Gasteiger partial charge in [0, 0.05) is 5.56 Å². The maximum atomic E-state index is 9.57. The van der Waals surface area contributed by atoms with E-state index in [0.29, 0.717) is 5.75 Å². The van der Waals surface area contributed by atoms with Gasteiger partial charge in [-0.15, -0.1) is 11.3 Å². The van der Waals surface area contributed by atoms with Crippen LogP contribution in [0.3, 0.4) is 0 Å². The molecule has 1 heterocycles. The van der Waals surface area contributed by atoms with E-state index in [2.05, 4.69) is 27.6 Å². The smallest absolute Gasteiger partial charge is 0.124 e. The molecule has 0 spiro atoms. The van der Waals surface area contributed by atoms with E-state index in [-0.39, 0.29) is 0 Å². The van der Waals surface area contributed by atoms with E-state index in [1.807, 2.05) is 42.2 Å². The number of aryl methyl sites for hydroxylation is 1. The first-order chi connectivity index (χ1) is 10.2. The maximum Gasteiger partial charge on any atom is 0.124 e. The molecule has 0 bridgehead atoms. The van der Waals surface area contributed by atoms with E-state index in [1.54, 1.807) is 24.5 Å². The highest BCUT2D eigenvalue weighted by Crippen LogP contribution is 2.33. The lowest BCUT2D eigenvalue weighted by molar-refractivity contribution is 0.415. The second kappa shape index (κ2) is 7.09. The van der Waals surface area contributed by atoms with Crippen LogP contribution in [0.25, 0.3) is 20.8 Å². The molecule has 21 heavy (non-hydrogen) atoms. The van der Waals surface area contributed by atoms with Gasteiger partial charge in [0.25, 0.3) is 0 Å². The molecule has 0 fully saturated rings. The van der Waals surface area contributed by atoms with Gasteiger partial charge in [-0.05, 0) is 53.8 Å². The average Bonchev–Trinajstić information content (AvgIpc) is 2.94. The number of aromatic hydroxyl groups is 1. The lowest BCUT2D eigenvalue weighted by atomic mass is 10.1. The molecule has 3 aromatic rings. The summed E-state index contributed by atoms with van der Waals surface area (Å²) in [6, 6.07) is 11.4. The van der Waals surface area contributed by atoms with Crippen LogP contribution in [0.1, 0.15) is 5.56 Å². The van der Waals surface area contributed by atoms with Gasteiger partial charge in [0.2, 0.25) is 0 Å². The van der Waals surface area contributed by atoms with E-state index in [1.165, 1.54) is 0 Å². The Bertz CT molecular complexity index is 755. The largest absolute Gasteiger partial charge is 0.508 e. The maximum absolute atomic E-state index is 9.57. The van der Waals surface area contributed by atoms with Gasteiger partial charge in [0.1, 0.15) is 16.5 Å². The minimum Gasteiger partial charge on any atom is -0.508 e. The number of phenols is 1. The number of phenolic OH excluding ortho intramolecular Hbond substituents is 1. The summed E-state index contributed by atoms with van der Waals surface area (Å²) in [5.74, 6) is 1.15. The van der Waals surface area contributed by atoms with E-state index in [0.717, 1.165) is 32.1 Å². The fourth-order valence-corrected chi connectivity index (χ4v) is 2.93. The number of hydrogen-bond donors (Lipinski definition) is 1. The number of aromatic nitrogens is 1. The van der Waals surface area contributed by atoms with Gasteiger partial charge in [-0.1, -0.05) is 22.6 Å². The molecule has 3 nitrogen and oxygen atoms in total. The summed E-state index contributed by atoms with van der Waals surface area (Å²) < 4.78 is 6.32. The van der Waals surface area contributed by atoms with Gasteiger partial charge in [-0.25, -0.2) is 4.98 Å². The average molecular weight is 413 g/mol. The monoisotopic (exact) mass is 413 g/mol. The van der Waals surface area contributed by atoms with Crippen molar-refractivity contribution in [1.82, 2.24) is 4.98 Å². The number of hydrogen-bond acceptors (Lipinski definition) is 4. The summed E-state index contributed by atoms with van der Waals surface area (Å²) in [5.41, 5.74) is 2.84. The fraction of sp³-hybridized carbons (Fsp3) is 0.188. The van der Waals surface area contributed by atoms with E-state index in [9.17, 15) is 5.11 Å². The lowest BCUT2D eigenvalue weighted by Gasteiger charge is -2.00. The molecule has 3 rings (SSSR count). The van der Waals surface area contributed by atoms with Crippen molar-refractivity contribution in [3.05, 3.63) is 42.0 Å². The molecule has 0 unspecified atom stereocenters. The number of halogens is 1. The highest BCUT2D eigenvalue weighted by Gasteiger charge is 2.08. The van der Waals surface area contributed by atoms with Crippen molar-refractivity contribution in [2.24, 2.45) is 0 Å². The molecule has 5 heteroatoms. The Balaban J connectivity index is 0.000000774. The molecule has 0 aliphatic rings. The topological polar surface area (TPSA) is 42.4 Å². The third kappa shape index (κ3) is 3.47. The molecular weight excluding hydrogens is 397 g/mol. The van der Waals surface area contributed by atoms with Gasteiger partial charge < -0.3 is 9.84 Å². The summed E-state index contributed by atoms with van der Waals surface area (Å²) in [5, 5.41) is 10.5. The molecule has 1 aromatic heterocycles. The van der Waals surface area contributed by atoms with Crippen LogP contribution < -0.4 is 4.74 Å². The van der Waals surface area contributed by atoms with Crippen LogP contribution in [0.5, 0.6) is 11.5 Å². The Morgan fingerprint density at radius 3 is 2.57 bits per heavy atom. The summed E-state index contributed by atoms with van der Waals surface area (Å²) in [7, 11) is 1.66. The van der Waals surface area contributed by atoms with Crippen molar-refractivity contribution >= 4 is 44.1 Å². The Morgan fingerprint density at radius 2 is 1.90 bits per heavy atom. The molecule has 0 saturated heterocycles. The second-order valence-corrected chi connectivity index (χ2v) is 5.38. The summed E-state index contributed by atoms with van der Waals surface area (Å²) in [6.45, 7) is 1.88. The van der Waals surface area contributed by atoms with Gasteiger partial charge in [-0.2, -0.15) is 0 Å². The zero-order valence-corrected chi connectivity index (χ0v) is 15.0. The van der Waals surface area contributed by atoms with Crippen molar-refractivity contribution in [3.63, 3.8) is 0 Å². The number of fused-ring (bicyclic) bond motifs is 1. The van der Waals surface area contributed by atoms with Crippen LogP contribution >= 0.6 is 33.9 Å². The van der Waals surface area contributed by atoms with Crippen LogP contribution in [-0.2, 0) is 0 Å². The molecule has 110 valence electrons. The molecular formula is C16H16INO2S. The SMILES string of the molecule is CI.COc1ccc2nc(-c3ccc(O)c(C)c3)sc2c1. The number of alkyl halides is 1. The van der Waals surface area contributed by atoms with Crippen molar-refractivity contribution in [2.45, 2.75) is 6.92 Å². The standard InChI is InChI=1S/C15H13NO2S.CH3I/c1-9-7-10(3-6-13(9)17)15-16-12-5-4-11(18-2)8-14(12)19-15;1-2/h3-8,17H,1-2H3;1H3. The van der Waals surface area contributed by atoms with E-state index in [4.69, 9.17) is 4.74 Å². The van der Waals surface area contributed by atoms with Crippen molar-refractivity contribution in [3.8, 4) is 22.1 Å². The van der Waals surface area contributed by atoms with E-state index >= 15 is 0 Å². The van der Waals surface area contributed by atoms with E-state index < -0.39 is 0 Å². The van der Waals surface area contributed by atoms with Crippen LogP contribution in [0, 0.1) is 6.92 Å². The minimum absolute atomic E-state index is 0.312. The first kappa shape index (κ1) is 16.0. The third-order valence-corrected chi connectivity index (χ3v) is 4.11. The number of nitrogens with zero attached hydrogens (tertiary/aromatic N) is 1. The first-order valence-corrected chi connectivity index (χ1v) is 9.27. The third-order valence-electron chi connectivity index (χ3n) is 3.04. The van der Waals surface area contributed by atoms with Gasteiger partial charge >= 0.3 is 0 Å². The Hall–Kier alpha value is -1.34. The summed E-state index contributed by atoms with van der Waals surface area (Å²) in [4.78, 5) is 6.58. The minimum atomic E-state index is 0.312. The number of benzene rings is 2. The number of methoxy groups -OCH3 is 1. The normalized spacial score (nSPS) is 10.1. The first-order valence-electron chi connectivity index (χ1n) is 6.30. The van der Waals surface area contributed by atoms with Gasteiger partial charge in [-0.3, -0.25) is 0 Å². The summed E-state index contributed by atoms with van der Waals surface area (Å²) >= 11 is 3.77. The van der Waals surface area contributed by atoms with Gasteiger partial charge in [0.15, 0.2) is 0 Å². The van der Waals surface area contributed by atoms with Crippen LogP contribution in [0.15, 0.2) is 36.4 Å². The highest BCUT2D eigenvalue weighted by atomic mass is 127. The van der Waals surface area contributed by atoms with Crippen LogP contribution in [0.2, 0.25) is 0 Å². The molecule has 0 atom stereocenters. The Kier molecular flexibility index (Phi) is 5.41. The Labute approximate surface area is 141 Å². The predicted molar refractivity (Wildman–Crippen MR) is 98.0 cm³/mol. The van der Waals surface area contributed by atoms with Gasteiger partial charge in [0.05, 0.1) is 17.3 Å². The highest BCUT2D eigenvalue weighted by molar-refractivity contribution is 14.1. The predicted octanol–water partition coefficient (Wildman–Crippen LogP) is 5.04. The summed E-state index contributed by atoms with van der Waals surface area (Å²) in [6.07, 6.45) is 0. The lowest BCUT2D eigenvalue weighted by Crippen LogP contribution is -1.80. The molecule has 0 aliphatic heterocycles. The molecule has 0 amide bonds. The molecule has 0 radical (unpaired) electrons. The fourth-order valence-electron chi connectivity index (χ4n) is 1.94. The zero-order valence-electron chi connectivity index (χ0n) is 12.1. The number of ether oxygens (including phenoxy) is 1. The quantitative estimate of drug-likeness (QED) is 0.473. The Morgan fingerprint density at radius 1 is 1.14 bits per heavy atom.